The van der Waals surface area contributed by atoms with Crippen molar-refractivity contribution in [3.8, 4) is 22.4 Å². The van der Waals surface area contributed by atoms with Crippen LogP contribution in [0.15, 0.2) is 47.3 Å². The summed E-state index contributed by atoms with van der Waals surface area (Å²) in [7, 11) is 2.07. The Morgan fingerprint density at radius 1 is 1.10 bits per heavy atom. The third-order valence-corrected chi connectivity index (χ3v) is 5.93. The molecule has 0 aliphatic carbocycles. The van der Waals surface area contributed by atoms with Crippen molar-refractivity contribution in [1.82, 2.24) is 24.6 Å². The first kappa shape index (κ1) is 19.4. The molecule has 3 aromatic heterocycles. The monoisotopic (exact) mass is 416 g/mol. The zero-order valence-electron chi connectivity index (χ0n) is 18.0. The van der Waals surface area contributed by atoms with Crippen LogP contribution in [0.3, 0.4) is 0 Å². The average molecular weight is 417 g/mol. The zero-order chi connectivity index (χ0) is 21.7. The molecule has 8 heteroatoms. The Kier molecular flexibility index (Phi) is 4.59. The molecule has 0 bridgehead atoms. The van der Waals surface area contributed by atoms with E-state index in [0.29, 0.717) is 5.65 Å². The number of fused-ring (bicyclic) bond motifs is 1. The van der Waals surface area contributed by atoms with E-state index in [1.165, 1.54) is 4.40 Å². The number of aryl methyl sites for hydroxylation is 2. The second kappa shape index (κ2) is 7.31. The molecule has 1 atom stereocenters. The fraction of sp³-hybridized carbons (Fsp3) is 0.304. The second-order valence-corrected chi connectivity index (χ2v) is 8.35. The van der Waals surface area contributed by atoms with Crippen LogP contribution in [0.25, 0.3) is 28.0 Å². The van der Waals surface area contributed by atoms with Gasteiger partial charge in [-0.25, -0.2) is 9.89 Å². The lowest BCUT2D eigenvalue weighted by Gasteiger charge is -2.10. The van der Waals surface area contributed by atoms with Crippen molar-refractivity contribution in [3.05, 3.63) is 64.3 Å². The molecule has 3 N–H and O–H groups in total. The van der Waals surface area contributed by atoms with Gasteiger partial charge < -0.3 is 10.6 Å². The van der Waals surface area contributed by atoms with Gasteiger partial charge in [0.1, 0.15) is 11.7 Å². The maximum absolute atomic E-state index is 13.4. The van der Waals surface area contributed by atoms with Gasteiger partial charge in [-0.05, 0) is 45.0 Å². The van der Waals surface area contributed by atoms with E-state index in [1.54, 1.807) is 4.68 Å². The van der Waals surface area contributed by atoms with Gasteiger partial charge in [0.25, 0.3) is 0 Å². The Morgan fingerprint density at radius 2 is 1.81 bits per heavy atom. The zero-order valence-corrected chi connectivity index (χ0v) is 18.0. The molecule has 4 aromatic rings. The molecule has 0 spiro atoms. The third kappa shape index (κ3) is 3.29. The summed E-state index contributed by atoms with van der Waals surface area (Å²) in [6, 6.07) is 14.0. The maximum Gasteiger partial charge on any atom is 0.428 e. The SMILES string of the molecule is Cc1cc(-c2c(-c3ccccc3)nc(N)[n+]3c(=O)n(C4CCN(C)C4)[nH]c23)cc(C)n1. The van der Waals surface area contributed by atoms with Gasteiger partial charge in [-0.3, -0.25) is 4.98 Å². The lowest BCUT2D eigenvalue weighted by Crippen LogP contribution is -2.45. The topological polar surface area (TPSA) is 96.9 Å². The predicted octanol–water partition coefficient (Wildman–Crippen LogP) is 2.11. The van der Waals surface area contributed by atoms with Gasteiger partial charge in [-0.15, -0.1) is 9.38 Å². The van der Waals surface area contributed by atoms with Crippen LogP contribution in [0.1, 0.15) is 23.9 Å². The largest absolute Gasteiger partial charge is 0.428 e. The number of anilines is 1. The van der Waals surface area contributed by atoms with Crippen molar-refractivity contribution in [3.63, 3.8) is 0 Å². The summed E-state index contributed by atoms with van der Waals surface area (Å²) in [5.74, 6) is 0.173. The molecule has 8 nitrogen and oxygen atoms in total. The van der Waals surface area contributed by atoms with Crippen LogP contribution in [0, 0.1) is 13.8 Å². The molecular weight excluding hydrogens is 390 g/mol. The lowest BCUT2D eigenvalue weighted by atomic mass is 9.99. The molecule has 0 amide bonds. The van der Waals surface area contributed by atoms with Crippen molar-refractivity contribution >= 4 is 11.6 Å². The van der Waals surface area contributed by atoms with Crippen LogP contribution < -0.4 is 15.8 Å². The molecule has 5 rings (SSSR count). The lowest BCUT2D eigenvalue weighted by molar-refractivity contribution is -0.517. The summed E-state index contributed by atoms with van der Waals surface area (Å²) < 4.78 is 3.20. The number of aromatic nitrogens is 5. The van der Waals surface area contributed by atoms with Crippen molar-refractivity contribution in [2.75, 3.05) is 25.9 Å². The molecular formula is C23H26N7O+. The van der Waals surface area contributed by atoms with Crippen LogP contribution in [0.4, 0.5) is 5.95 Å². The molecule has 0 radical (unpaired) electrons. The van der Waals surface area contributed by atoms with Crippen LogP contribution in [0.5, 0.6) is 0 Å². The van der Waals surface area contributed by atoms with Gasteiger partial charge in [-0.2, -0.15) is 4.68 Å². The number of nitrogens with zero attached hydrogens (tertiary/aromatic N) is 5. The van der Waals surface area contributed by atoms with Crippen LogP contribution in [0.2, 0.25) is 0 Å². The predicted molar refractivity (Wildman–Crippen MR) is 120 cm³/mol. The normalized spacial score (nSPS) is 16.9. The molecule has 1 aliphatic heterocycles. The van der Waals surface area contributed by atoms with Crippen molar-refractivity contribution < 1.29 is 4.40 Å². The van der Waals surface area contributed by atoms with Crippen LogP contribution in [-0.2, 0) is 0 Å². The Bertz CT molecular complexity index is 1320. The van der Waals surface area contributed by atoms with Gasteiger partial charge in [0, 0.05) is 30.0 Å². The Labute approximate surface area is 180 Å². The standard InChI is InChI=1S/C23H25N7O/c1-14-11-17(12-15(2)25-14)19-20(16-7-5-4-6-8-16)26-22(24)29-21(19)27-30(23(29)31)18-9-10-28(3)13-18/h4-8,11-12,18H,9-10,13H2,1-3H3,(H2,24,25,26,27)/p+1. The van der Waals surface area contributed by atoms with E-state index >= 15 is 0 Å². The summed E-state index contributed by atoms with van der Waals surface area (Å²) in [4.78, 5) is 24.8. The third-order valence-electron chi connectivity index (χ3n) is 5.93. The Morgan fingerprint density at radius 3 is 2.45 bits per heavy atom. The number of H-pyrrole nitrogens is 1. The molecule has 1 saturated heterocycles. The van der Waals surface area contributed by atoms with E-state index < -0.39 is 0 Å². The fourth-order valence-corrected chi connectivity index (χ4v) is 4.56. The van der Waals surface area contributed by atoms with Crippen molar-refractivity contribution in [2.45, 2.75) is 26.3 Å². The fourth-order valence-electron chi connectivity index (χ4n) is 4.56. The molecule has 0 saturated carbocycles. The number of likely N-dealkylation sites (tertiary alicyclic amines) is 1. The first-order chi connectivity index (χ1) is 14.9. The van der Waals surface area contributed by atoms with Gasteiger partial charge in [0.15, 0.2) is 0 Å². The summed E-state index contributed by atoms with van der Waals surface area (Å²) in [5, 5.41) is 3.38. The van der Waals surface area contributed by atoms with E-state index in [0.717, 1.165) is 53.3 Å². The minimum absolute atomic E-state index is 0.0748. The summed E-state index contributed by atoms with van der Waals surface area (Å²) >= 11 is 0. The highest BCUT2D eigenvalue weighted by Crippen LogP contribution is 2.33. The molecule has 1 fully saturated rings. The highest BCUT2D eigenvalue weighted by Gasteiger charge is 2.31. The van der Waals surface area contributed by atoms with E-state index in [-0.39, 0.29) is 17.7 Å². The number of rotatable bonds is 3. The summed E-state index contributed by atoms with van der Waals surface area (Å²) in [6.45, 7) is 5.71. The molecule has 1 aliphatic rings. The molecule has 158 valence electrons. The summed E-state index contributed by atoms with van der Waals surface area (Å²) in [6.07, 6.45) is 0.908. The maximum atomic E-state index is 13.4. The average Bonchev–Trinajstić information content (AvgIpc) is 3.31. The van der Waals surface area contributed by atoms with Gasteiger partial charge in [0.2, 0.25) is 5.65 Å². The van der Waals surface area contributed by atoms with E-state index in [4.69, 9.17) is 10.7 Å². The van der Waals surface area contributed by atoms with Gasteiger partial charge >= 0.3 is 11.6 Å². The van der Waals surface area contributed by atoms with Crippen LogP contribution in [-0.4, -0.2) is 44.8 Å². The van der Waals surface area contributed by atoms with Gasteiger partial charge in [-0.1, -0.05) is 30.3 Å². The quantitative estimate of drug-likeness (QED) is 0.499. The first-order valence-corrected chi connectivity index (χ1v) is 10.5. The highest BCUT2D eigenvalue weighted by atomic mass is 16.2. The van der Waals surface area contributed by atoms with E-state index in [1.807, 2.05) is 56.3 Å². The molecule has 31 heavy (non-hydrogen) atoms. The second-order valence-electron chi connectivity index (χ2n) is 8.35. The number of nitrogen functional groups attached to an aromatic ring is 1. The minimum atomic E-state index is -0.191. The number of likely N-dealkylation sites (N-methyl/N-ethyl adjacent to an activating group) is 1. The Balaban J connectivity index is 1.86. The number of benzene rings is 1. The molecule has 4 heterocycles. The first-order valence-electron chi connectivity index (χ1n) is 10.5. The van der Waals surface area contributed by atoms with Crippen molar-refractivity contribution in [2.24, 2.45) is 0 Å². The van der Waals surface area contributed by atoms with Crippen LogP contribution >= 0.6 is 0 Å². The number of hydrogen-bond donors (Lipinski definition) is 2. The number of nitrogens with two attached hydrogens (primary N) is 1. The minimum Gasteiger partial charge on any atom is -0.319 e. The number of pyridine rings is 1. The Hall–Kier alpha value is -3.52. The van der Waals surface area contributed by atoms with Crippen molar-refractivity contribution in [1.29, 1.82) is 0 Å². The number of nitrogens with one attached hydrogen (secondary N) is 1. The number of hydrogen-bond acceptors (Lipinski definition) is 5. The summed E-state index contributed by atoms with van der Waals surface area (Å²) in [5.41, 5.74) is 12.1. The van der Waals surface area contributed by atoms with Gasteiger partial charge in [0.05, 0.1) is 5.56 Å². The molecule has 1 aromatic carbocycles. The molecule has 1 unspecified atom stereocenters. The number of aromatic amines is 1. The smallest absolute Gasteiger partial charge is 0.319 e. The highest BCUT2D eigenvalue weighted by molar-refractivity contribution is 5.88. The van der Waals surface area contributed by atoms with E-state index in [2.05, 4.69) is 22.0 Å². The van der Waals surface area contributed by atoms with E-state index in [9.17, 15) is 4.79 Å².